The molecule has 0 unspecified atom stereocenters. The number of carbonyl (C=O) groups is 1. The molecule has 144 valence electrons. The number of benzene rings is 2. The third-order valence-corrected chi connectivity index (χ3v) is 6.51. The fourth-order valence-electron chi connectivity index (χ4n) is 2.39. The van der Waals surface area contributed by atoms with Gasteiger partial charge in [0.2, 0.25) is 10.0 Å². The van der Waals surface area contributed by atoms with Crippen LogP contribution in [0.1, 0.15) is 12.5 Å². The van der Waals surface area contributed by atoms with E-state index in [4.69, 9.17) is 5.21 Å². The van der Waals surface area contributed by atoms with E-state index in [1.807, 2.05) is 22.6 Å². The van der Waals surface area contributed by atoms with Crippen LogP contribution in [0.5, 0.6) is 0 Å². The zero-order valence-corrected chi connectivity index (χ0v) is 17.0. The summed E-state index contributed by atoms with van der Waals surface area (Å²) in [5, 5.41) is 20.1. The minimum atomic E-state index is -4.18. The van der Waals surface area contributed by atoms with Gasteiger partial charge in [-0.05, 0) is 53.8 Å². The molecule has 0 bridgehead atoms. The second kappa shape index (κ2) is 8.73. The summed E-state index contributed by atoms with van der Waals surface area (Å²) >= 11 is 2.02. The number of sulfonamides is 1. The number of rotatable bonds is 7. The van der Waals surface area contributed by atoms with E-state index in [1.54, 1.807) is 12.1 Å². The molecule has 0 heterocycles. The van der Waals surface area contributed by atoms with Gasteiger partial charge in [0, 0.05) is 21.7 Å². The van der Waals surface area contributed by atoms with Crippen molar-refractivity contribution in [1.82, 2.24) is 9.79 Å². The summed E-state index contributed by atoms with van der Waals surface area (Å²) in [6.07, 6.45) is 0. The maximum atomic E-state index is 13.1. The molecular formula is C16H16IN3O6S. The van der Waals surface area contributed by atoms with Crippen molar-refractivity contribution in [1.29, 1.82) is 0 Å². The molecule has 2 rings (SSSR count). The standard InChI is InChI=1S/C16H16IN3O6S/c1-11(16(21)18-22)19(10-12-4-2-3-5-15(12)20(23)24)27(25,26)14-8-6-13(17)7-9-14/h2-9,11,22H,10H2,1H3,(H,18,21)/t11-/m0/s1. The maximum Gasteiger partial charge on any atom is 0.273 e. The van der Waals surface area contributed by atoms with Gasteiger partial charge >= 0.3 is 0 Å². The number of nitro benzene ring substituents is 1. The van der Waals surface area contributed by atoms with Crippen LogP contribution in [0.3, 0.4) is 0 Å². The highest BCUT2D eigenvalue weighted by Crippen LogP contribution is 2.26. The Balaban J connectivity index is 2.54. The summed E-state index contributed by atoms with van der Waals surface area (Å²) in [5.41, 5.74) is 1.27. The van der Waals surface area contributed by atoms with E-state index >= 15 is 0 Å². The number of nitro groups is 1. The number of hydrogen-bond donors (Lipinski definition) is 2. The minimum absolute atomic E-state index is 0.0703. The Morgan fingerprint density at radius 2 is 1.85 bits per heavy atom. The number of nitrogens with zero attached hydrogens (tertiary/aromatic N) is 2. The first-order valence-corrected chi connectivity index (χ1v) is 10.1. The van der Waals surface area contributed by atoms with Gasteiger partial charge in [0.1, 0.15) is 6.04 Å². The van der Waals surface area contributed by atoms with Gasteiger partial charge < -0.3 is 0 Å². The van der Waals surface area contributed by atoms with Gasteiger partial charge in [0.15, 0.2) is 0 Å². The first kappa shape index (κ1) is 21.2. The highest BCUT2D eigenvalue weighted by atomic mass is 127. The Kier molecular flexibility index (Phi) is 6.86. The molecule has 0 spiro atoms. The van der Waals surface area contributed by atoms with Crippen molar-refractivity contribution in [2.75, 3.05) is 0 Å². The molecule has 0 aliphatic carbocycles. The highest BCUT2D eigenvalue weighted by molar-refractivity contribution is 14.1. The third-order valence-electron chi connectivity index (χ3n) is 3.86. The topological polar surface area (TPSA) is 130 Å². The first-order chi connectivity index (χ1) is 12.7. The van der Waals surface area contributed by atoms with Crippen molar-refractivity contribution in [3.05, 3.63) is 67.8 Å². The van der Waals surface area contributed by atoms with Crippen LogP contribution in [0.4, 0.5) is 5.69 Å². The fraction of sp³-hybridized carbons (Fsp3) is 0.188. The van der Waals surface area contributed by atoms with Gasteiger partial charge in [-0.1, -0.05) is 18.2 Å². The van der Waals surface area contributed by atoms with Crippen LogP contribution in [0.25, 0.3) is 0 Å². The fourth-order valence-corrected chi connectivity index (χ4v) is 4.32. The molecule has 27 heavy (non-hydrogen) atoms. The van der Waals surface area contributed by atoms with Crippen molar-refractivity contribution < 1.29 is 23.3 Å². The lowest BCUT2D eigenvalue weighted by atomic mass is 10.1. The summed E-state index contributed by atoms with van der Waals surface area (Å²) in [4.78, 5) is 22.4. The molecule has 1 atom stereocenters. The molecule has 0 aromatic heterocycles. The normalized spacial score (nSPS) is 12.6. The van der Waals surface area contributed by atoms with E-state index in [0.29, 0.717) is 0 Å². The molecule has 0 aliphatic heterocycles. The van der Waals surface area contributed by atoms with Gasteiger partial charge in [-0.25, -0.2) is 13.9 Å². The van der Waals surface area contributed by atoms with Crippen molar-refractivity contribution in [3.63, 3.8) is 0 Å². The molecule has 0 saturated carbocycles. The van der Waals surface area contributed by atoms with E-state index in [1.165, 1.54) is 48.8 Å². The number of hydrogen-bond acceptors (Lipinski definition) is 6. The molecule has 1 amide bonds. The maximum absolute atomic E-state index is 13.1. The number of para-hydroxylation sites is 1. The quantitative estimate of drug-likeness (QED) is 0.257. The Bertz CT molecular complexity index is 949. The highest BCUT2D eigenvalue weighted by Gasteiger charge is 2.34. The summed E-state index contributed by atoms with van der Waals surface area (Å²) in [6, 6.07) is 10.3. The van der Waals surface area contributed by atoms with Crippen LogP contribution >= 0.6 is 22.6 Å². The van der Waals surface area contributed by atoms with E-state index in [-0.39, 0.29) is 16.1 Å². The minimum Gasteiger partial charge on any atom is -0.289 e. The van der Waals surface area contributed by atoms with Crippen LogP contribution in [0.2, 0.25) is 0 Å². The van der Waals surface area contributed by atoms with Crippen LogP contribution in [0.15, 0.2) is 53.4 Å². The van der Waals surface area contributed by atoms with E-state index in [0.717, 1.165) is 7.88 Å². The number of hydroxylamine groups is 1. The Morgan fingerprint density at radius 1 is 1.26 bits per heavy atom. The second-order valence-electron chi connectivity index (χ2n) is 5.54. The summed E-state index contributed by atoms with van der Waals surface area (Å²) in [5.74, 6) is -0.956. The zero-order valence-electron chi connectivity index (χ0n) is 14.1. The van der Waals surface area contributed by atoms with Gasteiger partial charge in [0.05, 0.1) is 9.82 Å². The molecule has 2 N–H and O–H groups in total. The molecular weight excluding hydrogens is 489 g/mol. The molecule has 0 aliphatic rings. The van der Waals surface area contributed by atoms with Crippen molar-refractivity contribution in [2.24, 2.45) is 0 Å². The predicted molar refractivity (Wildman–Crippen MR) is 104 cm³/mol. The monoisotopic (exact) mass is 505 g/mol. The summed E-state index contributed by atoms with van der Waals surface area (Å²) in [6.45, 7) is 0.866. The molecule has 11 heteroatoms. The molecule has 0 fully saturated rings. The zero-order chi connectivity index (χ0) is 20.2. The second-order valence-corrected chi connectivity index (χ2v) is 8.68. The third kappa shape index (κ3) is 4.80. The average molecular weight is 505 g/mol. The van der Waals surface area contributed by atoms with Gasteiger partial charge in [-0.2, -0.15) is 4.31 Å². The molecule has 0 radical (unpaired) electrons. The van der Waals surface area contributed by atoms with Crippen LogP contribution < -0.4 is 5.48 Å². The van der Waals surface area contributed by atoms with Gasteiger partial charge in [0.25, 0.3) is 11.6 Å². The number of nitrogens with one attached hydrogen (secondary N) is 1. The number of amides is 1. The Hall–Kier alpha value is -2.09. The number of halogens is 1. The lowest BCUT2D eigenvalue weighted by Crippen LogP contribution is -2.46. The van der Waals surface area contributed by atoms with E-state index in [2.05, 4.69) is 0 Å². The SMILES string of the molecule is C[C@@H](C(=O)NO)N(Cc1ccccc1[N+](=O)[O-])S(=O)(=O)c1ccc(I)cc1. The smallest absolute Gasteiger partial charge is 0.273 e. The van der Waals surface area contributed by atoms with E-state index in [9.17, 15) is 23.3 Å². The Labute approximate surface area is 169 Å². The first-order valence-electron chi connectivity index (χ1n) is 7.62. The van der Waals surface area contributed by atoms with Crippen LogP contribution in [-0.4, -0.2) is 34.8 Å². The predicted octanol–water partition coefficient (Wildman–Crippen LogP) is 2.28. The summed E-state index contributed by atoms with van der Waals surface area (Å²) in [7, 11) is -4.18. The Morgan fingerprint density at radius 3 is 2.41 bits per heavy atom. The lowest BCUT2D eigenvalue weighted by Gasteiger charge is -2.27. The van der Waals surface area contributed by atoms with Crippen molar-refractivity contribution in [2.45, 2.75) is 24.4 Å². The average Bonchev–Trinajstić information content (AvgIpc) is 2.65. The number of carbonyl (C=O) groups excluding carboxylic acids is 1. The van der Waals surface area contributed by atoms with E-state index < -0.39 is 33.4 Å². The van der Waals surface area contributed by atoms with Gasteiger partial charge in [-0.3, -0.25) is 20.1 Å². The van der Waals surface area contributed by atoms with Crippen molar-refractivity contribution >= 4 is 44.2 Å². The summed E-state index contributed by atoms with van der Waals surface area (Å²) < 4.78 is 27.8. The molecule has 2 aromatic rings. The molecule has 9 nitrogen and oxygen atoms in total. The van der Waals surface area contributed by atoms with Crippen LogP contribution in [-0.2, 0) is 21.4 Å². The lowest BCUT2D eigenvalue weighted by molar-refractivity contribution is -0.385. The van der Waals surface area contributed by atoms with Crippen molar-refractivity contribution in [3.8, 4) is 0 Å². The molecule has 2 aromatic carbocycles. The molecule has 0 saturated heterocycles. The largest absolute Gasteiger partial charge is 0.289 e. The van der Waals surface area contributed by atoms with Gasteiger partial charge in [-0.15, -0.1) is 0 Å². The van der Waals surface area contributed by atoms with Crippen LogP contribution in [0, 0.1) is 13.7 Å².